The number of nitrogens with zero attached hydrogens (tertiary/aromatic N) is 2. The Balaban J connectivity index is 1.45. The SMILES string of the molecule is CCOc1ccc(CN2CC=C(c3c[nH]c4ccc(OC)cc34)CC2)nc1. The van der Waals surface area contributed by atoms with E-state index < -0.39 is 0 Å². The highest BCUT2D eigenvalue weighted by atomic mass is 16.5. The maximum absolute atomic E-state index is 5.46. The van der Waals surface area contributed by atoms with Crippen LogP contribution in [0.15, 0.2) is 48.8 Å². The third-order valence-corrected chi connectivity index (χ3v) is 5.02. The van der Waals surface area contributed by atoms with Gasteiger partial charge in [-0.3, -0.25) is 9.88 Å². The molecule has 5 nitrogen and oxygen atoms in total. The molecule has 5 heteroatoms. The molecule has 1 aliphatic heterocycles. The largest absolute Gasteiger partial charge is 0.497 e. The number of rotatable bonds is 6. The van der Waals surface area contributed by atoms with E-state index in [0.29, 0.717) is 6.61 Å². The molecule has 0 bridgehead atoms. The number of aromatic nitrogens is 2. The monoisotopic (exact) mass is 363 g/mol. The fourth-order valence-electron chi connectivity index (χ4n) is 3.58. The number of benzene rings is 1. The smallest absolute Gasteiger partial charge is 0.137 e. The molecule has 0 unspecified atom stereocenters. The summed E-state index contributed by atoms with van der Waals surface area (Å²) in [4.78, 5) is 10.3. The highest BCUT2D eigenvalue weighted by molar-refractivity contribution is 5.93. The fraction of sp³-hybridized carbons (Fsp3) is 0.318. The first-order valence-electron chi connectivity index (χ1n) is 9.41. The Labute approximate surface area is 159 Å². The van der Waals surface area contributed by atoms with Crippen LogP contribution in [0.5, 0.6) is 11.5 Å². The summed E-state index contributed by atoms with van der Waals surface area (Å²) in [6.07, 6.45) is 7.28. The molecule has 1 N–H and O–H groups in total. The first-order valence-corrected chi connectivity index (χ1v) is 9.41. The second-order valence-corrected chi connectivity index (χ2v) is 6.75. The molecule has 0 amide bonds. The van der Waals surface area contributed by atoms with Gasteiger partial charge < -0.3 is 14.5 Å². The molecule has 0 aliphatic carbocycles. The third kappa shape index (κ3) is 3.83. The number of nitrogens with one attached hydrogen (secondary N) is 1. The molecule has 0 radical (unpaired) electrons. The minimum Gasteiger partial charge on any atom is -0.497 e. The van der Waals surface area contributed by atoms with Gasteiger partial charge in [0, 0.05) is 42.3 Å². The minimum atomic E-state index is 0.667. The van der Waals surface area contributed by atoms with Gasteiger partial charge in [0.15, 0.2) is 0 Å². The van der Waals surface area contributed by atoms with E-state index in [1.165, 1.54) is 16.5 Å². The summed E-state index contributed by atoms with van der Waals surface area (Å²) in [7, 11) is 1.71. The van der Waals surface area contributed by atoms with E-state index in [9.17, 15) is 0 Å². The molecular formula is C22H25N3O2. The number of hydrogen-bond donors (Lipinski definition) is 1. The van der Waals surface area contributed by atoms with E-state index in [1.807, 2.05) is 25.3 Å². The van der Waals surface area contributed by atoms with Crippen molar-refractivity contribution in [3.8, 4) is 11.5 Å². The molecule has 1 aromatic carbocycles. The molecule has 0 fully saturated rings. The second-order valence-electron chi connectivity index (χ2n) is 6.75. The van der Waals surface area contributed by atoms with Gasteiger partial charge in [0.1, 0.15) is 11.5 Å². The lowest BCUT2D eigenvalue weighted by Crippen LogP contribution is -2.28. The first-order chi connectivity index (χ1) is 13.3. The van der Waals surface area contributed by atoms with Crippen molar-refractivity contribution in [2.24, 2.45) is 0 Å². The van der Waals surface area contributed by atoms with Gasteiger partial charge >= 0.3 is 0 Å². The molecule has 0 saturated carbocycles. The third-order valence-electron chi connectivity index (χ3n) is 5.02. The van der Waals surface area contributed by atoms with E-state index >= 15 is 0 Å². The number of methoxy groups -OCH3 is 1. The fourth-order valence-corrected chi connectivity index (χ4v) is 3.58. The Hall–Kier alpha value is -2.79. The topological polar surface area (TPSA) is 50.4 Å². The van der Waals surface area contributed by atoms with Crippen LogP contribution in [0, 0.1) is 0 Å². The molecule has 4 rings (SSSR count). The van der Waals surface area contributed by atoms with Gasteiger partial charge in [-0.25, -0.2) is 0 Å². The van der Waals surface area contributed by atoms with Gasteiger partial charge in [-0.1, -0.05) is 6.08 Å². The summed E-state index contributed by atoms with van der Waals surface area (Å²) < 4.78 is 10.8. The molecule has 3 aromatic rings. The van der Waals surface area contributed by atoms with Gasteiger partial charge in [0.2, 0.25) is 0 Å². The molecular weight excluding hydrogens is 338 g/mol. The second kappa shape index (κ2) is 7.84. The van der Waals surface area contributed by atoms with Crippen molar-refractivity contribution >= 4 is 16.5 Å². The van der Waals surface area contributed by atoms with Crippen LogP contribution in [0.25, 0.3) is 16.5 Å². The van der Waals surface area contributed by atoms with E-state index in [-0.39, 0.29) is 0 Å². The lowest BCUT2D eigenvalue weighted by atomic mass is 9.98. The van der Waals surface area contributed by atoms with Crippen LogP contribution in [-0.4, -0.2) is 41.7 Å². The number of aromatic amines is 1. The average molecular weight is 363 g/mol. The van der Waals surface area contributed by atoms with Crippen LogP contribution in [0.4, 0.5) is 0 Å². The van der Waals surface area contributed by atoms with Gasteiger partial charge in [-0.15, -0.1) is 0 Å². The van der Waals surface area contributed by atoms with Crippen molar-refractivity contribution in [2.45, 2.75) is 19.9 Å². The van der Waals surface area contributed by atoms with Crippen LogP contribution in [-0.2, 0) is 6.54 Å². The van der Waals surface area contributed by atoms with E-state index in [2.05, 4.69) is 45.3 Å². The summed E-state index contributed by atoms with van der Waals surface area (Å²) in [5.74, 6) is 1.72. The molecule has 2 aromatic heterocycles. The van der Waals surface area contributed by atoms with Crippen molar-refractivity contribution in [1.29, 1.82) is 0 Å². The maximum atomic E-state index is 5.46. The van der Waals surface area contributed by atoms with Crippen molar-refractivity contribution in [3.05, 3.63) is 60.1 Å². The predicted octanol–water partition coefficient (Wildman–Crippen LogP) is 4.26. The van der Waals surface area contributed by atoms with E-state index in [0.717, 1.165) is 48.8 Å². The summed E-state index contributed by atoms with van der Waals surface area (Å²) in [5, 5.41) is 1.22. The molecule has 27 heavy (non-hydrogen) atoms. The van der Waals surface area contributed by atoms with Crippen LogP contribution in [0.3, 0.4) is 0 Å². The highest BCUT2D eigenvalue weighted by Crippen LogP contribution is 2.31. The van der Waals surface area contributed by atoms with Crippen LogP contribution >= 0.6 is 0 Å². The number of fused-ring (bicyclic) bond motifs is 1. The summed E-state index contributed by atoms with van der Waals surface area (Å²) >= 11 is 0. The molecule has 0 saturated heterocycles. The quantitative estimate of drug-likeness (QED) is 0.711. The van der Waals surface area contributed by atoms with Crippen LogP contribution < -0.4 is 9.47 Å². The Morgan fingerprint density at radius 1 is 1.19 bits per heavy atom. The maximum Gasteiger partial charge on any atom is 0.137 e. The Morgan fingerprint density at radius 2 is 2.07 bits per heavy atom. The van der Waals surface area contributed by atoms with Gasteiger partial charge in [-0.2, -0.15) is 0 Å². The predicted molar refractivity (Wildman–Crippen MR) is 108 cm³/mol. The van der Waals surface area contributed by atoms with Crippen molar-refractivity contribution < 1.29 is 9.47 Å². The molecule has 140 valence electrons. The number of pyridine rings is 1. The summed E-state index contributed by atoms with van der Waals surface area (Å²) in [5.41, 5.74) is 4.90. The Bertz CT molecular complexity index is 944. The average Bonchev–Trinajstić information content (AvgIpc) is 3.13. The lowest BCUT2D eigenvalue weighted by Gasteiger charge is -2.26. The van der Waals surface area contributed by atoms with Crippen LogP contribution in [0.2, 0.25) is 0 Å². The molecule has 0 spiro atoms. The Kier molecular flexibility index (Phi) is 5.12. The van der Waals surface area contributed by atoms with Crippen molar-refractivity contribution in [2.75, 3.05) is 26.8 Å². The van der Waals surface area contributed by atoms with Crippen LogP contribution in [0.1, 0.15) is 24.6 Å². The summed E-state index contributed by atoms with van der Waals surface area (Å²) in [6, 6.07) is 10.2. The standard InChI is InChI=1S/C22H25N3O2/c1-3-27-19-5-4-17(23-13-19)15-25-10-8-16(9-11-25)21-14-24-22-7-6-18(26-2)12-20(21)22/h4-8,12-14,24H,3,9-11,15H2,1-2H3. The molecule has 1 aliphatic rings. The van der Waals surface area contributed by atoms with Crippen molar-refractivity contribution in [3.63, 3.8) is 0 Å². The lowest BCUT2D eigenvalue weighted by molar-refractivity contribution is 0.289. The van der Waals surface area contributed by atoms with E-state index in [4.69, 9.17) is 9.47 Å². The minimum absolute atomic E-state index is 0.667. The number of ether oxygens (including phenoxy) is 2. The zero-order valence-electron chi connectivity index (χ0n) is 15.9. The number of hydrogen-bond acceptors (Lipinski definition) is 4. The van der Waals surface area contributed by atoms with Crippen molar-refractivity contribution in [1.82, 2.24) is 14.9 Å². The van der Waals surface area contributed by atoms with Gasteiger partial charge in [0.05, 0.1) is 25.6 Å². The molecule has 0 atom stereocenters. The molecule has 3 heterocycles. The van der Waals surface area contributed by atoms with Gasteiger partial charge in [-0.05, 0) is 49.2 Å². The number of H-pyrrole nitrogens is 1. The highest BCUT2D eigenvalue weighted by Gasteiger charge is 2.16. The van der Waals surface area contributed by atoms with E-state index in [1.54, 1.807) is 7.11 Å². The van der Waals surface area contributed by atoms with Gasteiger partial charge in [0.25, 0.3) is 0 Å². The zero-order valence-corrected chi connectivity index (χ0v) is 15.9. The normalized spacial score (nSPS) is 15.0. The zero-order chi connectivity index (χ0) is 18.6. The Morgan fingerprint density at radius 3 is 2.78 bits per heavy atom. The first kappa shape index (κ1) is 17.6. The summed E-state index contributed by atoms with van der Waals surface area (Å²) in [6.45, 7) is 5.46.